The monoisotopic (exact) mass is 231 g/mol. The van der Waals surface area contributed by atoms with Crippen LogP contribution >= 0.6 is 11.3 Å². The first-order valence-corrected chi connectivity index (χ1v) is 5.31. The summed E-state index contributed by atoms with van der Waals surface area (Å²) in [5.74, 6) is -0.541. The van der Waals surface area contributed by atoms with E-state index in [1.54, 1.807) is 24.3 Å². The zero-order valence-electron chi connectivity index (χ0n) is 8.11. The van der Waals surface area contributed by atoms with Crippen LogP contribution in [-0.2, 0) is 0 Å². The van der Waals surface area contributed by atoms with E-state index in [2.05, 4.69) is 0 Å². The third-order valence-electron chi connectivity index (χ3n) is 2.12. The first-order valence-electron chi connectivity index (χ1n) is 4.49. The van der Waals surface area contributed by atoms with Gasteiger partial charge in [-0.2, -0.15) is 5.26 Å². The van der Waals surface area contributed by atoms with Crippen LogP contribution in [-0.4, -0.2) is 6.29 Å². The van der Waals surface area contributed by atoms with Crippen LogP contribution < -0.4 is 0 Å². The van der Waals surface area contributed by atoms with Gasteiger partial charge in [-0.1, -0.05) is 6.07 Å². The van der Waals surface area contributed by atoms with Crippen molar-refractivity contribution in [2.24, 2.45) is 0 Å². The van der Waals surface area contributed by atoms with Gasteiger partial charge in [-0.15, -0.1) is 11.3 Å². The zero-order chi connectivity index (χ0) is 11.5. The van der Waals surface area contributed by atoms with E-state index in [1.807, 2.05) is 0 Å². The van der Waals surface area contributed by atoms with Crippen molar-refractivity contribution >= 4 is 17.6 Å². The van der Waals surface area contributed by atoms with Crippen molar-refractivity contribution in [3.63, 3.8) is 0 Å². The number of hydrogen-bond donors (Lipinski definition) is 0. The molecular weight excluding hydrogens is 225 g/mol. The van der Waals surface area contributed by atoms with E-state index in [0.717, 1.165) is 11.2 Å². The van der Waals surface area contributed by atoms with Gasteiger partial charge < -0.3 is 0 Å². The highest BCUT2D eigenvalue weighted by molar-refractivity contribution is 7.17. The van der Waals surface area contributed by atoms with Crippen molar-refractivity contribution in [1.82, 2.24) is 0 Å². The fourth-order valence-electron chi connectivity index (χ4n) is 1.33. The molecule has 2 nitrogen and oxygen atoms in total. The Labute approximate surface area is 95.6 Å². The summed E-state index contributed by atoms with van der Waals surface area (Å²) in [6, 6.07) is 9.61. The second kappa shape index (κ2) is 4.25. The van der Waals surface area contributed by atoms with Crippen LogP contribution in [0.5, 0.6) is 0 Å². The average Bonchev–Trinajstić information content (AvgIpc) is 2.77. The Morgan fingerprint density at radius 3 is 2.69 bits per heavy atom. The minimum atomic E-state index is -0.541. The van der Waals surface area contributed by atoms with Gasteiger partial charge in [-0.3, -0.25) is 4.79 Å². The minimum absolute atomic E-state index is 0.0240. The van der Waals surface area contributed by atoms with Crippen LogP contribution in [0.3, 0.4) is 0 Å². The first-order chi connectivity index (χ1) is 7.74. The molecule has 0 saturated carbocycles. The number of benzene rings is 1. The lowest BCUT2D eigenvalue weighted by molar-refractivity contribution is 0.112. The Kier molecular flexibility index (Phi) is 2.80. The molecule has 1 heterocycles. The minimum Gasteiger partial charge on any atom is -0.297 e. The van der Waals surface area contributed by atoms with Crippen LogP contribution in [0.1, 0.15) is 15.2 Å². The van der Waals surface area contributed by atoms with E-state index in [0.29, 0.717) is 10.4 Å². The molecule has 0 aliphatic rings. The lowest BCUT2D eigenvalue weighted by Crippen LogP contribution is -1.83. The number of halogens is 1. The maximum Gasteiger partial charge on any atom is 0.160 e. The van der Waals surface area contributed by atoms with Crippen LogP contribution in [0.4, 0.5) is 4.39 Å². The number of aldehydes is 1. The van der Waals surface area contributed by atoms with E-state index in [1.165, 1.54) is 23.5 Å². The Morgan fingerprint density at radius 2 is 2.12 bits per heavy atom. The van der Waals surface area contributed by atoms with Crippen LogP contribution in [0.2, 0.25) is 0 Å². The molecule has 78 valence electrons. The van der Waals surface area contributed by atoms with E-state index in [-0.39, 0.29) is 5.56 Å². The van der Waals surface area contributed by atoms with Crippen molar-refractivity contribution < 1.29 is 9.18 Å². The molecule has 0 bridgehead atoms. The van der Waals surface area contributed by atoms with E-state index in [4.69, 9.17) is 5.26 Å². The van der Waals surface area contributed by atoms with Crippen LogP contribution in [0, 0.1) is 17.1 Å². The number of nitrogens with zero attached hydrogens (tertiary/aromatic N) is 1. The van der Waals surface area contributed by atoms with Crippen molar-refractivity contribution in [3.05, 3.63) is 46.6 Å². The van der Waals surface area contributed by atoms with Gasteiger partial charge in [0.1, 0.15) is 11.9 Å². The molecule has 2 rings (SSSR count). The SMILES string of the molecule is N#Cc1ccc(-c2ccc(C=O)s2)cc1F. The molecule has 0 fully saturated rings. The first kappa shape index (κ1) is 10.5. The lowest BCUT2D eigenvalue weighted by Gasteiger charge is -1.98. The molecule has 4 heteroatoms. The van der Waals surface area contributed by atoms with Gasteiger partial charge in [0.25, 0.3) is 0 Å². The Balaban J connectivity index is 2.45. The van der Waals surface area contributed by atoms with Crippen LogP contribution in [0.15, 0.2) is 30.3 Å². The Bertz CT molecular complexity index is 583. The number of thiophene rings is 1. The zero-order valence-corrected chi connectivity index (χ0v) is 8.92. The van der Waals surface area contributed by atoms with Gasteiger partial charge in [0.2, 0.25) is 0 Å². The van der Waals surface area contributed by atoms with Crippen molar-refractivity contribution in [2.75, 3.05) is 0 Å². The van der Waals surface area contributed by atoms with Gasteiger partial charge in [0, 0.05) is 4.88 Å². The number of carbonyl (C=O) groups excluding carboxylic acids is 1. The Hall–Kier alpha value is -1.99. The van der Waals surface area contributed by atoms with Crippen molar-refractivity contribution in [3.8, 4) is 16.5 Å². The predicted molar refractivity (Wildman–Crippen MR) is 59.8 cm³/mol. The maximum absolute atomic E-state index is 13.3. The predicted octanol–water partition coefficient (Wildman–Crippen LogP) is 3.24. The van der Waals surface area contributed by atoms with E-state index >= 15 is 0 Å². The molecule has 16 heavy (non-hydrogen) atoms. The number of carbonyl (C=O) groups is 1. The lowest BCUT2D eigenvalue weighted by atomic mass is 10.1. The summed E-state index contributed by atoms with van der Waals surface area (Å²) >= 11 is 1.29. The normalized spacial score (nSPS) is 9.75. The molecule has 0 aliphatic heterocycles. The molecule has 0 saturated heterocycles. The highest BCUT2D eigenvalue weighted by Gasteiger charge is 2.06. The van der Waals surface area contributed by atoms with Gasteiger partial charge in [-0.05, 0) is 29.8 Å². The summed E-state index contributed by atoms with van der Waals surface area (Å²) in [5.41, 5.74) is 0.700. The van der Waals surface area contributed by atoms with Crippen molar-refractivity contribution in [2.45, 2.75) is 0 Å². The smallest absolute Gasteiger partial charge is 0.160 e. The standard InChI is InChI=1S/C12H6FNOS/c13-11-5-8(1-2-9(11)6-14)12-4-3-10(7-15)16-12/h1-5,7H. The summed E-state index contributed by atoms with van der Waals surface area (Å²) in [5, 5.41) is 8.59. The summed E-state index contributed by atoms with van der Waals surface area (Å²) < 4.78 is 13.3. The molecule has 0 amide bonds. The van der Waals surface area contributed by atoms with Gasteiger partial charge in [0.15, 0.2) is 6.29 Å². The summed E-state index contributed by atoms with van der Waals surface area (Å²) in [4.78, 5) is 11.9. The molecule has 1 aromatic carbocycles. The molecule has 2 aromatic rings. The quantitative estimate of drug-likeness (QED) is 0.744. The molecule has 0 unspecified atom stereocenters. The molecular formula is C12H6FNOS. The number of hydrogen-bond acceptors (Lipinski definition) is 3. The molecule has 0 atom stereocenters. The van der Waals surface area contributed by atoms with Crippen molar-refractivity contribution in [1.29, 1.82) is 5.26 Å². The van der Waals surface area contributed by atoms with Gasteiger partial charge in [0.05, 0.1) is 10.4 Å². The topological polar surface area (TPSA) is 40.9 Å². The number of nitriles is 1. The summed E-state index contributed by atoms with van der Waals surface area (Å²) in [7, 11) is 0. The maximum atomic E-state index is 13.3. The Morgan fingerprint density at radius 1 is 1.31 bits per heavy atom. The van der Waals surface area contributed by atoms with Crippen LogP contribution in [0.25, 0.3) is 10.4 Å². The number of rotatable bonds is 2. The average molecular weight is 231 g/mol. The molecule has 0 aliphatic carbocycles. The third kappa shape index (κ3) is 1.86. The van der Waals surface area contributed by atoms with E-state index < -0.39 is 5.82 Å². The van der Waals surface area contributed by atoms with Gasteiger partial charge in [-0.25, -0.2) is 4.39 Å². The largest absolute Gasteiger partial charge is 0.297 e. The molecule has 0 N–H and O–H groups in total. The van der Waals surface area contributed by atoms with Gasteiger partial charge >= 0.3 is 0 Å². The molecule has 0 spiro atoms. The fraction of sp³-hybridized carbons (Fsp3) is 0. The fourth-order valence-corrected chi connectivity index (χ4v) is 2.15. The second-order valence-electron chi connectivity index (χ2n) is 3.13. The highest BCUT2D eigenvalue weighted by Crippen LogP contribution is 2.28. The molecule has 1 aromatic heterocycles. The van der Waals surface area contributed by atoms with E-state index in [9.17, 15) is 9.18 Å². The molecule has 0 radical (unpaired) electrons. The summed E-state index contributed by atoms with van der Waals surface area (Å²) in [6.45, 7) is 0. The second-order valence-corrected chi connectivity index (χ2v) is 4.24. The third-order valence-corrected chi connectivity index (χ3v) is 3.18. The highest BCUT2D eigenvalue weighted by atomic mass is 32.1. The summed E-state index contributed by atoms with van der Waals surface area (Å²) in [6.07, 6.45) is 0.758.